The van der Waals surface area contributed by atoms with Crippen molar-refractivity contribution in [3.05, 3.63) is 95.6 Å². The number of benzene rings is 5. The second-order valence-electron chi connectivity index (χ2n) is 11.1. The zero-order valence-electron chi connectivity index (χ0n) is 22.1. The van der Waals surface area contributed by atoms with Crippen LogP contribution in [0.25, 0.3) is 43.8 Å². The van der Waals surface area contributed by atoms with E-state index in [1.807, 2.05) is 0 Å². The molecule has 5 aromatic carbocycles. The molecule has 0 bridgehead atoms. The number of rotatable bonds is 2. The SMILES string of the molecule is Cc1cc(C)c(-c2c3ccccc3c(-c3cccc4c3[P@](C(C)(C)C)CO4)c3ccccc23)c(C)c1. The van der Waals surface area contributed by atoms with E-state index in [4.69, 9.17) is 4.74 Å². The minimum Gasteiger partial charge on any atom is -0.488 e. The Morgan fingerprint density at radius 1 is 0.639 bits per heavy atom. The molecule has 0 N–H and O–H groups in total. The van der Waals surface area contributed by atoms with Crippen molar-refractivity contribution in [3.8, 4) is 28.0 Å². The first-order valence-electron chi connectivity index (χ1n) is 12.8. The summed E-state index contributed by atoms with van der Waals surface area (Å²) in [6.45, 7) is 13.8. The third kappa shape index (κ3) is 3.56. The van der Waals surface area contributed by atoms with Crippen LogP contribution >= 0.6 is 7.92 Å². The molecule has 0 aliphatic carbocycles. The summed E-state index contributed by atoms with van der Waals surface area (Å²) in [5.74, 6) is 1.07. The largest absolute Gasteiger partial charge is 0.488 e. The zero-order chi connectivity index (χ0) is 25.2. The van der Waals surface area contributed by atoms with Gasteiger partial charge in [-0.3, -0.25) is 0 Å². The van der Waals surface area contributed by atoms with Crippen LogP contribution in [0.5, 0.6) is 5.75 Å². The highest BCUT2D eigenvalue weighted by Crippen LogP contribution is 2.57. The maximum Gasteiger partial charge on any atom is 0.128 e. The van der Waals surface area contributed by atoms with E-state index in [1.54, 1.807) is 0 Å². The summed E-state index contributed by atoms with van der Waals surface area (Å²) in [6, 6.07) is 29.3. The minimum absolute atomic E-state index is 0.179. The van der Waals surface area contributed by atoms with Gasteiger partial charge in [-0.05, 0) is 94.8 Å². The Balaban J connectivity index is 1.78. The van der Waals surface area contributed by atoms with E-state index in [1.165, 1.54) is 65.8 Å². The second kappa shape index (κ2) is 8.46. The topological polar surface area (TPSA) is 9.23 Å². The summed E-state index contributed by atoms with van der Waals surface area (Å²) in [5.41, 5.74) is 9.37. The fourth-order valence-corrected chi connectivity index (χ4v) is 8.45. The minimum atomic E-state index is -0.445. The molecule has 1 heterocycles. The number of aryl methyl sites for hydroxylation is 3. The third-order valence-corrected chi connectivity index (χ3v) is 10.6. The van der Waals surface area contributed by atoms with Gasteiger partial charge in [0.05, 0.1) is 0 Å². The lowest BCUT2D eigenvalue weighted by Gasteiger charge is -2.28. The highest BCUT2D eigenvalue weighted by molar-refractivity contribution is 7.67. The average Bonchev–Trinajstić information content (AvgIpc) is 3.28. The molecule has 0 unspecified atom stereocenters. The normalized spacial score (nSPS) is 15.3. The smallest absolute Gasteiger partial charge is 0.128 e. The van der Waals surface area contributed by atoms with Gasteiger partial charge < -0.3 is 4.74 Å². The van der Waals surface area contributed by atoms with Gasteiger partial charge in [0.15, 0.2) is 0 Å². The lowest BCUT2D eigenvalue weighted by Crippen LogP contribution is -2.19. The fourth-order valence-electron chi connectivity index (χ4n) is 6.11. The van der Waals surface area contributed by atoms with Crippen LogP contribution in [-0.4, -0.2) is 11.5 Å². The molecule has 1 aliphatic heterocycles. The van der Waals surface area contributed by atoms with E-state index in [2.05, 4.69) is 120 Å². The first kappa shape index (κ1) is 23.3. The molecule has 0 aromatic heterocycles. The number of hydrogen-bond acceptors (Lipinski definition) is 1. The molecule has 0 spiro atoms. The third-order valence-electron chi connectivity index (χ3n) is 7.56. The Morgan fingerprint density at radius 3 is 1.69 bits per heavy atom. The van der Waals surface area contributed by atoms with Gasteiger partial charge in [0.2, 0.25) is 0 Å². The molecule has 1 aliphatic rings. The highest BCUT2D eigenvalue weighted by atomic mass is 31.1. The van der Waals surface area contributed by atoms with Crippen molar-refractivity contribution < 1.29 is 4.74 Å². The predicted octanol–water partition coefficient (Wildman–Crippen LogP) is 9.51. The molecule has 180 valence electrons. The molecule has 1 atom stereocenters. The summed E-state index contributed by atoms with van der Waals surface area (Å²) >= 11 is 0. The maximum absolute atomic E-state index is 6.29. The molecule has 1 nitrogen and oxygen atoms in total. The van der Waals surface area contributed by atoms with Crippen LogP contribution in [-0.2, 0) is 0 Å². The molecule has 0 saturated heterocycles. The molecule has 36 heavy (non-hydrogen) atoms. The molecule has 6 rings (SSSR count). The highest BCUT2D eigenvalue weighted by Gasteiger charge is 2.36. The van der Waals surface area contributed by atoms with Gasteiger partial charge in [0.25, 0.3) is 0 Å². The zero-order valence-corrected chi connectivity index (χ0v) is 23.0. The lowest BCUT2D eigenvalue weighted by molar-refractivity contribution is 0.400. The van der Waals surface area contributed by atoms with E-state index in [9.17, 15) is 0 Å². The van der Waals surface area contributed by atoms with Gasteiger partial charge in [-0.1, -0.05) is 99.1 Å². The summed E-state index contributed by atoms with van der Waals surface area (Å²) in [6.07, 6.45) is 0.806. The summed E-state index contributed by atoms with van der Waals surface area (Å²) in [5, 5.41) is 6.86. The first-order valence-corrected chi connectivity index (χ1v) is 14.3. The van der Waals surface area contributed by atoms with E-state index in [-0.39, 0.29) is 5.16 Å². The molecule has 5 aromatic rings. The molecular weight excluding hydrogens is 455 g/mol. The van der Waals surface area contributed by atoms with Crippen LogP contribution < -0.4 is 10.0 Å². The summed E-state index contributed by atoms with van der Waals surface area (Å²) in [4.78, 5) is 0. The van der Waals surface area contributed by atoms with Gasteiger partial charge in [-0.15, -0.1) is 0 Å². The predicted molar refractivity (Wildman–Crippen MR) is 158 cm³/mol. The van der Waals surface area contributed by atoms with E-state index in [0.29, 0.717) is 0 Å². The molecule has 2 heteroatoms. The van der Waals surface area contributed by atoms with Crippen molar-refractivity contribution in [2.24, 2.45) is 0 Å². The Labute approximate surface area is 215 Å². The number of hydrogen-bond donors (Lipinski definition) is 0. The van der Waals surface area contributed by atoms with Crippen LogP contribution in [0.4, 0.5) is 0 Å². The van der Waals surface area contributed by atoms with Crippen LogP contribution in [0, 0.1) is 20.8 Å². The van der Waals surface area contributed by atoms with Crippen molar-refractivity contribution in [1.29, 1.82) is 0 Å². The Hall–Kier alpha value is -3.15. The van der Waals surface area contributed by atoms with Crippen LogP contribution in [0.1, 0.15) is 37.5 Å². The van der Waals surface area contributed by atoms with Crippen molar-refractivity contribution in [2.75, 3.05) is 6.35 Å². The van der Waals surface area contributed by atoms with E-state index >= 15 is 0 Å². The molecular formula is C34H33OP. The lowest BCUT2D eigenvalue weighted by atomic mass is 9.83. The molecule has 0 saturated carbocycles. The standard InChI is InChI=1S/C34H33OP/c1-21-18-22(2)30(23(3)19-21)32-26-14-9-7-12-24(26)31(25-13-8-10-15-27(25)32)28-16-11-17-29-33(28)36(20-35-29)34(4,5)6/h7-19H,20H2,1-6H3/t36-/m1/s1. The summed E-state index contributed by atoms with van der Waals surface area (Å²) < 4.78 is 6.29. The first-order chi connectivity index (χ1) is 17.3. The van der Waals surface area contributed by atoms with Gasteiger partial charge in [0.1, 0.15) is 12.1 Å². The summed E-state index contributed by atoms with van der Waals surface area (Å²) in [7, 11) is -0.445. The van der Waals surface area contributed by atoms with Gasteiger partial charge >= 0.3 is 0 Å². The van der Waals surface area contributed by atoms with Crippen LogP contribution in [0.3, 0.4) is 0 Å². The maximum atomic E-state index is 6.29. The monoisotopic (exact) mass is 488 g/mol. The number of fused-ring (bicyclic) bond motifs is 3. The van der Waals surface area contributed by atoms with Gasteiger partial charge in [-0.25, -0.2) is 0 Å². The van der Waals surface area contributed by atoms with Crippen molar-refractivity contribution in [1.82, 2.24) is 0 Å². The van der Waals surface area contributed by atoms with Crippen LogP contribution in [0.2, 0.25) is 0 Å². The Bertz CT molecular complexity index is 1570. The van der Waals surface area contributed by atoms with Crippen LogP contribution in [0.15, 0.2) is 78.9 Å². The van der Waals surface area contributed by atoms with Gasteiger partial charge in [-0.2, -0.15) is 0 Å². The van der Waals surface area contributed by atoms with Crippen molar-refractivity contribution >= 4 is 34.8 Å². The molecule has 0 fully saturated rings. The molecule has 0 amide bonds. The van der Waals surface area contributed by atoms with Crippen molar-refractivity contribution in [2.45, 2.75) is 46.7 Å². The average molecular weight is 489 g/mol. The van der Waals surface area contributed by atoms with Crippen molar-refractivity contribution in [3.63, 3.8) is 0 Å². The Morgan fingerprint density at radius 2 is 1.17 bits per heavy atom. The number of ether oxygens (including phenoxy) is 1. The van der Waals surface area contributed by atoms with Gasteiger partial charge in [0, 0.05) is 5.30 Å². The molecule has 0 radical (unpaired) electrons. The fraction of sp³-hybridized carbons (Fsp3) is 0.235. The quantitative estimate of drug-likeness (QED) is 0.178. The second-order valence-corrected chi connectivity index (χ2v) is 14.0. The van der Waals surface area contributed by atoms with E-state index in [0.717, 1.165) is 12.1 Å². The van der Waals surface area contributed by atoms with E-state index < -0.39 is 7.92 Å². The Kier molecular flexibility index (Phi) is 5.47.